The minimum absolute atomic E-state index is 0.0650. The number of anilines is 1. The Bertz CT molecular complexity index is 401. The Kier molecular flexibility index (Phi) is 5.86. The molecule has 1 rings (SSSR count). The molecule has 1 unspecified atom stereocenters. The van der Waals surface area contributed by atoms with Crippen molar-refractivity contribution in [2.45, 2.75) is 40.0 Å². The third-order valence-corrected chi connectivity index (χ3v) is 3.39. The summed E-state index contributed by atoms with van der Waals surface area (Å²) in [7, 11) is 0. The first-order chi connectivity index (χ1) is 8.58. The van der Waals surface area contributed by atoms with Crippen LogP contribution in [0.25, 0.3) is 0 Å². The summed E-state index contributed by atoms with van der Waals surface area (Å²) in [6, 6.07) is 6.00. The van der Waals surface area contributed by atoms with E-state index in [1.54, 1.807) is 0 Å². The van der Waals surface area contributed by atoms with Gasteiger partial charge in [-0.2, -0.15) is 0 Å². The molecule has 100 valence electrons. The van der Waals surface area contributed by atoms with Crippen LogP contribution in [0.2, 0.25) is 0 Å². The fraction of sp³-hybridized carbons (Fsp3) is 0.533. The Hall–Kier alpha value is -1.35. The molecule has 18 heavy (non-hydrogen) atoms. The lowest BCUT2D eigenvalue weighted by atomic mass is 9.99. The molecule has 0 aliphatic carbocycles. The summed E-state index contributed by atoms with van der Waals surface area (Å²) < 4.78 is 0. The van der Waals surface area contributed by atoms with Crippen LogP contribution in [-0.4, -0.2) is 12.5 Å². The van der Waals surface area contributed by atoms with E-state index < -0.39 is 0 Å². The number of nitrogens with one attached hydrogen (secondary N) is 1. The van der Waals surface area contributed by atoms with Gasteiger partial charge in [0.15, 0.2) is 0 Å². The zero-order chi connectivity index (χ0) is 13.5. The van der Waals surface area contributed by atoms with Crippen molar-refractivity contribution in [2.75, 3.05) is 11.9 Å². The summed E-state index contributed by atoms with van der Waals surface area (Å²) in [4.78, 5) is 12.1. The Morgan fingerprint density at radius 2 is 2.06 bits per heavy atom. The van der Waals surface area contributed by atoms with Crippen molar-refractivity contribution in [1.29, 1.82) is 0 Å². The lowest BCUT2D eigenvalue weighted by Crippen LogP contribution is -2.23. The van der Waals surface area contributed by atoms with E-state index in [0.717, 1.165) is 24.9 Å². The van der Waals surface area contributed by atoms with Gasteiger partial charge >= 0.3 is 0 Å². The van der Waals surface area contributed by atoms with Crippen LogP contribution in [0.3, 0.4) is 0 Å². The zero-order valence-electron chi connectivity index (χ0n) is 11.6. The summed E-state index contributed by atoms with van der Waals surface area (Å²) in [5, 5.41) is 2.99. The van der Waals surface area contributed by atoms with Crippen molar-refractivity contribution in [3.8, 4) is 0 Å². The highest BCUT2D eigenvalue weighted by molar-refractivity contribution is 5.92. The summed E-state index contributed by atoms with van der Waals surface area (Å²) >= 11 is 0. The lowest BCUT2D eigenvalue weighted by Gasteiger charge is -2.15. The molecule has 3 N–H and O–H groups in total. The molecule has 0 spiro atoms. The smallest absolute Gasteiger partial charge is 0.227 e. The Labute approximate surface area is 110 Å². The maximum absolute atomic E-state index is 12.1. The maximum Gasteiger partial charge on any atom is 0.227 e. The van der Waals surface area contributed by atoms with Gasteiger partial charge < -0.3 is 11.1 Å². The van der Waals surface area contributed by atoms with Crippen LogP contribution in [0.1, 0.15) is 37.3 Å². The van der Waals surface area contributed by atoms with E-state index in [2.05, 4.69) is 19.2 Å². The molecule has 0 radical (unpaired) electrons. The van der Waals surface area contributed by atoms with Crippen molar-refractivity contribution in [1.82, 2.24) is 0 Å². The Morgan fingerprint density at radius 3 is 2.61 bits per heavy atom. The highest BCUT2D eigenvalue weighted by atomic mass is 16.1. The van der Waals surface area contributed by atoms with Crippen LogP contribution in [0.15, 0.2) is 18.2 Å². The van der Waals surface area contributed by atoms with Gasteiger partial charge in [0.2, 0.25) is 5.91 Å². The minimum atomic E-state index is 0.0650. The minimum Gasteiger partial charge on any atom is -0.330 e. The average Bonchev–Trinajstić information content (AvgIpc) is 2.35. The molecule has 1 aromatic rings. The highest BCUT2D eigenvalue weighted by Gasteiger charge is 2.15. The van der Waals surface area contributed by atoms with E-state index in [-0.39, 0.29) is 11.8 Å². The second-order valence-corrected chi connectivity index (χ2v) is 4.82. The standard InChI is InChI=1S/C15H24N2O/c1-4-13(6-5-9-16)15(18)17-14-8-7-11(2)12(3)10-14/h7-8,10,13H,4-6,9,16H2,1-3H3,(H,17,18). The molecule has 1 aromatic carbocycles. The second-order valence-electron chi connectivity index (χ2n) is 4.82. The number of nitrogens with two attached hydrogens (primary N) is 1. The molecule has 0 aliphatic heterocycles. The zero-order valence-corrected chi connectivity index (χ0v) is 11.6. The van der Waals surface area contributed by atoms with E-state index >= 15 is 0 Å². The van der Waals surface area contributed by atoms with Crippen molar-refractivity contribution in [3.63, 3.8) is 0 Å². The molecule has 0 saturated heterocycles. The number of carbonyl (C=O) groups excluding carboxylic acids is 1. The molecule has 1 amide bonds. The fourth-order valence-corrected chi connectivity index (χ4v) is 1.95. The number of hydrogen-bond acceptors (Lipinski definition) is 2. The van der Waals surface area contributed by atoms with Crippen molar-refractivity contribution in [3.05, 3.63) is 29.3 Å². The van der Waals surface area contributed by atoms with E-state index in [4.69, 9.17) is 5.73 Å². The van der Waals surface area contributed by atoms with Gasteiger partial charge in [-0.25, -0.2) is 0 Å². The topological polar surface area (TPSA) is 55.1 Å². The summed E-state index contributed by atoms with van der Waals surface area (Å²) in [5.41, 5.74) is 8.81. The molecule has 0 aliphatic rings. The molecule has 0 aromatic heterocycles. The molecule has 0 bridgehead atoms. The average molecular weight is 248 g/mol. The van der Waals surface area contributed by atoms with Gasteiger partial charge in [-0.3, -0.25) is 4.79 Å². The molecule has 0 saturated carbocycles. The fourth-order valence-electron chi connectivity index (χ4n) is 1.95. The van der Waals surface area contributed by atoms with Gasteiger partial charge in [-0.1, -0.05) is 13.0 Å². The first kappa shape index (κ1) is 14.7. The van der Waals surface area contributed by atoms with Crippen LogP contribution >= 0.6 is 0 Å². The maximum atomic E-state index is 12.1. The number of carbonyl (C=O) groups is 1. The molecule has 3 heteroatoms. The van der Waals surface area contributed by atoms with E-state index in [9.17, 15) is 4.79 Å². The Morgan fingerprint density at radius 1 is 1.33 bits per heavy atom. The van der Waals surface area contributed by atoms with Crippen LogP contribution in [0.4, 0.5) is 5.69 Å². The quantitative estimate of drug-likeness (QED) is 0.813. The van der Waals surface area contributed by atoms with E-state index in [1.807, 2.05) is 25.1 Å². The number of amides is 1. The first-order valence-electron chi connectivity index (χ1n) is 6.66. The number of benzene rings is 1. The van der Waals surface area contributed by atoms with Gasteiger partial charge in [-0.15, -0.1) is 0 Å². The molecular weight excluding hydrogens is 224 g/mol. The SMILES string of the molecule is CCC(CCCN)C(=O)Nc1ccc(C)c(C)c1. The third kappa shape index (κ3) is 4.15. The molecule has 0 heterocycles. The van der Waals surface area contributed by atoms with Gasteiger partial charge in [0.25, 0.3) is 0 Å². The molecule has 3 nitrogen and oxygen atoms in total. The van der Waals surface area contributed by atoms with Crippen LogP contribution in [-0.2, 0) is 4.79 Å². The Balaban J connectivity index is 2.64. The first-order valence-corrected chi connectivity index (χ1v) is 6.66. The molecule has 1 atom stereocenters. The van der Waals surface area contributed by atoms with Crippen LogP contribution in [0, 0.1) is 19.8 Å². The van der Waals surface area contributed by atoms with Crippen molar-refractivity contribution in [2.24, 2.45) is 11.7 Å². The van der Waals surface area contributed by atoms with Gasteiger partial charge in [-0.05, 0) is 62.9 Å². The van der Waals surface area contributed by atoms with Crippen LogP contribution in [0.5, 0.6) is 0 Å². The molecular formula is C15H24N2O. The van der Waals surface area contributed by atoms with Crippen molar-refractivity contribution >= 4 is 11.6 Å². The van der Waals surface area contributed by atoms with Crippen LogP contribution < -0.4 is 11.1 Å². The predicted molar refractivity (Wildman–Crippen MR) is 76.6 cm³/mol. The summed E-state index contributed by atoms with van der Waals surface area (Å²) in [6.45, 7) is 6.81. The van der Waals surface area contributed by atoms with Gasteiger partial charge in [0.1, 0.15) is 0 Å². The number of rotatable bonds is 6. The van der Waals surface area contributed by atoms with Crippen molar-refractivity contribution < 1.29 is 4.79 Å². The monoisotopic (exact) mass is 248 g/mol. The third-order valence-electron chi connectivity index (χ3n) is 3.39. The number of aryl methyl sites for hydroxylation is 2. The summed E-state index contributed by atoms with van der Waals surface area (Å²) in [6.07, 6.45) is 2.62. The van der Waals surface area contributed by atoms with Gasteiger partial charge in [0, 0.05) is 11.6 Å². The number of hydrogen-bond donors (Lipinski definition) is 2. The lowest BCUT2D eigenvalue weighted by molar-refractivity contribution is -0.120. The largest absolute Gasteiger partial charge is 0.330 e. The van der Waals surface area contributed by atoms with E-state index in [1.165, 1.54) is 11.1 Å². The molecule has 0 fully saturated rings. The highest BCUT2D eigenvalue weighted by Crippen LogP contribution is 2.17. The summed E-state index contributed by atoms with van der Waals surface area (Å²) in [5.74, 6) is 0.171. The van der Waals surface area contributed by atoms with E-state index in [0.29, 0.717) is 6.54 Å². The normalized spacial score (nSPS) is 12.2. The predicted octanol–water partition coefficient (Wildman–Crippen LogP) is 3.01. The van der Waals surface area contributed by atoms with Gasteiger partial charge in [0.05, 0.1) is 0 Å². The second kappa shape index (κ2) is 7.17.